The minimum absolute atomic E-state index is 0.0824. The van der Waals surface area contributed by atoms with Crippen molar-refractivity contribution in [3.8, 4) is 0 Å². The molecule has 2 atom stereocenters. The lowest BCUT2D eigenvalue weighted by atomic mass is 9.90. The maximum absolute atomic E-state index is 11.6. The molecule has 0 aromatic rings. The molecule has 0 aromatic heterocycles. The van der Waals surface area contributed by atoms with Crippen LogP contribution in [0, 0.1) is 0 Å². The van der Waals surface area contributed by atoms with Gasteiger partial charge in [0.15, 0.2) is 0 Å². The number of hydrogen-bond acceptors (Lipinski definition) is 3. The SMILES string of the molecule is CC(C)NC(=O)N[C@@H]1CCO[C@@]2(CCOC2)C1. The second-order valence-corrected chi connectivity index (χ2v) is 5.30. The molecule has 5 nitrogen and oxygen atoms in total. The summed E-state index contributed by atoms with van der Waals surface area (Å²) in [5, 5.41) is 5.86. The van der Waals surface area contributed by atoms with Crippen molar-refractivity contribution in [2.45, 2.75) is 50.8 Å². The molecule has 2 aliphatic rings. The molecule has 5 heteroatoms. The topological polar surface area (TPSA) is 59.6 Å². The highest BCUT2D eigenvalue weighted by Crippen LogP contribution is 2.32. The van der Waals surface area contributed by atoms with E-state index in [9.17, 15) is 4.79 Å². The maximum atomic E-state index is 11.6. The van der Waals surface area contributed by atoms with Gasteiger partial charge in [-0.05, 0) is 26.7 Å². The summed E-state index contributed by atoms with van der Waals surface area (Å²) >= 11 is 0. The lowest BCUT2D eigenvalue weighted by Gasteiger charge is -2.37. The third-order valence-electron chi connectivity index (χ3n) is 3.32. The van der Waals surface area contributed by atoms with Crippen LogP contribution in [0.2, 0.25) is 0 Å². The monoisotopic (exact) mass is 242 g/mol. The number of rotatable bonds is 2. The predicted molar refractivity (Wildman–Crippen MR) is 63.9 cm³/mol. The fourth-order valence-electron chi connectivity index (χ4n) is 2.50. The van der Waals surface area contributed by atoms with Crippen LogP contribution in [0.15, 0.2) is 0 Å². The number of hydrogen-bond donors (Lipinski definition) is 2. The van der Waals surface area contributed by atoms with E-state index < -0.39 is 0 Å². The Balaban J connectivity index is 1.83. The van der Waals surface area contributed by atoms with Crippen molar-refractivity contribution in [1.82, 2.24) is 10.6 Å². The molecular weight excluding hydrogens is 220 g/mol. The molecule has 2 heterocycles. The molecule has 2 rings (SSSR count). The van der Waals surface area contributed by atoms with Crippen molar-refractivity contribution in [2.75, 3.05) is 19.8 Å². The second-order valence-electron chi connectivity index (χ2n) is 5.30. The first-order chi connectivity index (χ1) is 8.10. The van der Waals surface area contributed by atoms with Gasteiger partial charge >= 0.3 is 6.03 Å². The zero-order chi connectivity index (χ0) is 12.3. The average molecular weight is 242 g/mol. The van der Waals surface area contributed by atoms with Crippen LogP contribution in [0.4, 0.5) is 4.79 Å². The smallest absolute Gasteiger partial charge is 0.315 e. The lowest BCUT2D eigenvalue weighted by molar-refractivity contribution is -0.0878. The third-order valence-corrected chi connectivity index (χ3v) is 3.32. The molecular formula is C12H22N2O3. The van der Waals surface area contributed by atoms with Crippen molar-refractivity contribution >= 4 is 6.03 Å². The van der Waals surface area contributed by atoms with Crippen molar-refractivity contribution in [2.24, 2.45) is 0 Å². The summed E-state index contributed by atoms with van der Waals surface area (Å²) in [5.74, 6) is 0. The highest BCUT2D eigenvalue weighted by Gasteiger charge is 2.41. The van der Waals surface area contributed by atoms with Gasteiger partial charge in [-0.25, -0.2) is 4.79 Å². The van der Waals surface area contributed by atoms with Gasteiger partial charge in [0, 0.05) is 31.7 Å². The average Bonchev–Trinajstić information content (AvgIpc) is 2.64. The fourth-order valence-corrected chi connectivity index (χ4v) is 2.50. The second kappa shape index (κ2) is 5.23. The van der Waals surface area contributed by atoms with Crippen LogP contribution in [0.25, 0.3) is 0 Å². The van der Waals surface area contributed by atoms with E-state index >= 15 is 0 Å². The Hall–Kier alpha value is -0.810. The lowest BCUT2D eigenvalue weighted by Crippen LogP contribution is -2.52. The third kappa shape index (κ3) is 3.33. The number of ether oxygens (including phenoxy) is 2. The van der Waals surface area contributed by atoms with Crippen LogP contribution >= 0.6 is 0 Å². The Labute approximate surface area is 102 Å². The first kappa shape index (κ1) is 12.6. The zero-order valence-electron chi connectivity index (χ0n) is 10.6. The zero-order valence-corrected chi connectivity index (χ0v) is 10.6. The van der Waals surface area contributed by atoms with Gasteiger partial charge in [-0.1, -0.05) is 0 Å². The van der Waals surface area contributed by atoms with Gasteiger partial charge in [-0.2, -0.15) is 0 Å². The van der Waals surface area contributed by atoms with Gasteiger partial charge in [-0.3, -0.25) is 0 Å². The fraction of sp³-hybridized carbons (Fsp3) is 0.917. The van der Waals surface area contributed by atoms with Crippen LogP contribution in [-0.2, 0) is 9.47 Å². The molecule has 1 spiro atoms. The molecule has 0 aromatic carbocycles. The molecule has 0 radical (unpaired) electrons. The summed E-state index contributed by atoms with van der Waals surface area (Å²) in [6.45, 7) is 6.05. The minimum Gasteiger partial charge on any atom is -0.378 e. The number of nitrogens with one attached hydrogen (secondary N) is 2. The summed E-state index contributed by atoms with van der Waals surface area (Å²) in [4.78, 5) is 11.6. The standard InChI is InChI=1S/C12H22N2O3/c1-9(2)13-11(15)14-10-3-5-17-12(7-10)4-6-16-8-12/h9-10H,3-8H2,1-2H3,(H2,13,14,15)/t10-,12+/m1/s1. The first-order valence-electron chi connectivity index (χ1n) is 6.38. The number of urea groups is 1. The Morgan fingerprint density at radius 2 is 2.24 bits per heavy atom. The summed E-state index contributed by atoms with van der Waals surface area (Å²) in [5.41, 5.74) is -0.145. The van der Waals surface area contributed by atoms with E-state index in [0.29, 0.717) is 13.2 Å². The number of carbonyl (C=O) groups excluding carboxylic acids is 1. The van der Waals surface area contributed by atoms with Crippen molar-refractivity contribution < 1.29 is 14.3 Å². The van der Waals surface area contributed by atoms with E-state index in [2.05, 4.69) is 10.6 Å². The Morgan fingerprint density at radius 3 is 2.88 bits per heavy atom. The van der Waals surface area contributed by atoms with Gasteiger partial charge < -0.3 is 20.1 Å². The van der Waals surface area contributed by atoms with E-state index in [0.717, 1.165) is 25.9 Å². The molecule has 0 bridgehead atoms. The molecule has 2 saturated heterocycles. The molecule has 2 aliphatic heterocycles. The van der Waals surface area contributed by atoms with Crippen LogP contribution < -0.4 is 10.6 Å². The van der Waals surface area contributed by atoms with Gasteiger partial charge in [0.25, 0.3) is 0 Å². The van der Waals surface area contributed by atoms with E-state index in [1.54, 1.807) is 0 Å². The molecule has 98 valence electrons. The normalized spacial score (nSPS) is 33.0. The Bertz CT molecular complexity index is 275. The molecule has 2 fully saturated rings. The molecule has 0 aliphatic carbocycles. The van der Waals surface area contributed by atoms with Crippen LogP contribution in [-0.4, -0.2) is 43.5 Å². The van der Waals surface area contributed by atoms with Crippen molar-refractivity contribution in [3.63, 3.8) is 0 Å². The van der Waals surface area contributed by atoms with Gasteiger partial charge in [0.2, 0.25) is 0 Å². The van der Waals surface area contributed by atoms with E-state index in [1.165, 1.54) is 0 Å². The number of carbonyl (C=O) groups is 1. The summed E-state index contributed by atoms with van der Waals surface area (Å²) in [7, 11) is 0. The largest absolute Gasteiger partial charge is 0.378 e. The molecule has 0 unspecified atom stereocenters. The van der Waals surface area contributed by atoms with Gasteiger partial charge in [0.1, 0.15) is 0 Å². The quantitative estimate of drug-likeness (QED) is 0.760. The van der Waals surface area contributed by atoms with Crippen molar-refractivity contribution in [1.29, 1.82) is 0 Å². The van der Waals surface area contributed by atoms with Crippen LogP contribution in [0.1, 0.15) is 33.1 Å². The summed E-state index contributed by atoms with van der Waals surface area (Å²) in [6.07, 6.45) is 2.68. The van der Waals surface area contributed by atoms with Gasteiger partial charge in [-0.15, -0.1) is 0 Å². The predicted octanol–water partition coefficient (Wildman–Crippen LogP) is 1.03. The molecule has 2 amide bonds. The highest BCUT2D eigenvalue weighted by molar-refractivity contribution is 5.74. The van der Waals surface area contributed by atoms with Gasteiger partial charge in [0.05, 0.1) is 12.2 Å². The Morgan fingerprint density at radius 1 is 1.41 bits per heavy atom. The van der Waals surface area contributed by atoms with Crippen molar-refractivity contribution in [3.05, 3.63) is 0 Å². The summed E-state index contributed by atoms with van der Waals surface area (Å²) < 4.78 is 11.2. The number of amides is 2. The Kier molecular flexibility index (Phi) is 3.89. The molecule has 17 heavy (non-hydrogen) atoms. The first-order valence-corrected chi connectivity index (χ1v) is 6.38. The highest BCUT2D eigenvalue weighted by atomic mass is 16.6. The van der Waals surface area contributed by atoms with Crippen LogP contribution in [0.5, 0.6) is 0 Å². The van der Waals surface area contributed by atoms with E-state index in [4.69, 9.17) is 9.47 Å². The summed E-state index contributed by atoms with van der Waals surface area (Å²) in [6, 6.07) is 0.281. The maximum Gasteiger partial charge on any atom is 0.315 e. The van der Waals surface area contributed by atoms with E-state index in [-0.39, 0.29) is 23.7 Å². The molecule has 0 saturated carbocycles. The van der Waals surface area contributed by atoms with Crippen LogP contribution in [0.3, 0.4) is 0 Å². The minimum atomic E-state index is -0.145. The molecule has 2 N–H and O–H groups in total. The van der Waals surface area contributed by atoms with E-state index in [1.807, 2.05) is 13.8 Å².